The van der Waals surface area contributed by atoms with Gasteiger partial charge >= 0.3 is 0 Å². The quantitative estimate of drug-likeness (QED) is 0.841. The van der Waals surface area contributed by atoms with Crippen LogP contribution in [0.5, 0.6) is 5.75 Å². The van der Waals surface area contributed by atoms with E-state index in [0.717, 1.165) is 6.42 Å². The number of rotatable bonds is 7. The molecular weight excluding hydrogens is 316 g/mol. The highest BCUT2D eigenvalue weighted by atomic mass is 16.5. The number of benzene rings is 2. The summed E-state index contributed by atoms with van der Waals surface area (Å²) in [6.07, 6.45) is 0.926. The average molecular weight is 340 g/mol. The van der Waals surface area contributed by atoms with Gasteiger partial charge in [-0.3, -0.25) is 9.59 Å². The molecule has 0 spiro atoms. The lowest BCUT2D eigenvalue weighted by Gasteiger charge is -2.20. The summed E-state index contributed by atoms with van der Waals surface area (Å²) >= 11 is 0. The van der Waals surface area contributed by atoms with E-state index in [1.54, 1.807) is 31.4 Å². The molecule has 5 nitrogen and oxygen atoms in total. The van der Waals surface area contributed by atoms with Crippen molar-refractivity contribution in [3.05, 3.63) is 59.7 Å². The van der Waals surface area contributed by atoms with Crippen LogP contribution in [0.2, 0.25) is 0 Å². The first-order chi connectivity index (χ1) is 12.1. The number of hydrogen-bond acceptors (Lipinski definition) is 3. The fraction of sp³-hybridized carbons (Fsp3) is 0.300. The Bertz CT molecular complexity index is 726. The molecule has 2 aromatic carbocycles. The van der Waals surface area contributed by atoms with E-state index in [2.05, 4.69) is 12.2 Å². The maximum absolute atomic E-state index is 12.6. The highest BCUT2D eigenvalue weighted by Crippen LogP contribution is 2.16. The highest BCUT2D eigenvalue weighted by Gasteiger charge is 2.17. The molecule has 0 aliphatic rings. The summed E-state index contributed by atoms with van der Waals surface area (Å²) < 4.78 is 5.14. The predicted octanol–water partition coefficient (Wildman–Crippen LogP) is 3.36. The number of nitrogens with one attached hydrogen (secondary N) is 1. The van der Waals surface area contributed by atoms with Gasteiger partial charge in [-0.2, -0.15) is 0 Å². The summed E-state index contributed by atoms with van der Waals surface area (Å²) in [5.74, 6) is 0.275. The van der Waals surface area contributed by atoms with E-state index in [4.69, 9.17) is 4.74 Å². The molecule has 0 atom stereocenters. The first kappa shape index (κ1) is 18.5. The second-order valence-corrected chi connectivity index (χ2v) is 5.65. The summed E-state index contributed by atoms with van der Waals surface area (Å²) in [5, 5.41) is 2.79. The van der Waals surface area contributed by atoms with E-state index in [9.17, 15) is 9.59 Å². The number of aryl methyl sites for hydroxylation is 1. The molecule has 0 aliphatic carbocycles. The van der Waals surface area contributed by atoms with Crippen molar-refractivity contribution < 1.29 is 14.3 Å². The molecule has 2 rings (SSSR count). The zero-order valence-electron chi connectivity index (χ0n) is 14.9. The number of anilines is 1. The Hall–Kier alpha value is -2.82. The summed E-state index contributed by atoms with van der Waals surface area (Å²) in [7, 11) is 1.57. The van der Waals surface area contributed by atoms with Crippen LogP contribution in [0.1, 0.15) is 29.8 Å². The Balaban J connectivity index is 2.01. The van der Waals surface area contributed by atoms with E-state index in [0.29, 0.717) is 23.5 Å². The number of ether oxygens (including phenoxy) is 1. The molecule has 0 unspecified atom stereocenters. The topological polar surface area (TPSA) is 58.6 Å². The van der Waals surface area contributed by atoms with Crippen LogP contribution >= 0.6 is 0 Å². The maximum Gasteiger partial charge on any atom is 0.254 e. The second kappa shape index (κ2) is 8.87. The number of amides is 2. The summed E-state index contributed by atoms with van der Waals surface area (Å²) in [6.45, 7) is 4.39. The third-order valence-electron chi connectivity index (χ3n) is 3.97. The second-order valence-electron chi connectivity index (χ2n) is 5.65. The Morgan fingerprint density at radius 3 is 2.40 bits per heavy atom. The first-order valence-electron chi connectivity index (χ1n) is 8.39. The van der Waals surface area contributed by atoms with Crippen LogP contribution in [0.3, 0.4) is 0 Å². The van der Waals surface area contributed by atoms with Crippen molar-refractivity contribution in [2.24, 2.45) is 0 Å². The standard InChI is InChI=1S/C20H24N2O3/c1-4-15-9-11-16(12-10-15)20(24)22(5-2)14-19(23)21-17-7-6-8-18(13-17)25-3/h6-13H,4-5,14H2,1-3H3,(H,21,23). The van der Waals surface area contributed by atoms with Crippen molar-refractivity contribution >= 4 is 17.5 Å². The van der Waals surface area contributed by atoms with Crippen molar-refractivity contribution in [3.63, 3.8) is 0 Å². The highest BCUT2D eigenvalue weighted by molar-refractivity contribution is 5.99. The SMILES string of the molecule is CCc1ccc(C(=O)N(CC)CC(=O)Nc2cccc(OC)c2)cc1. The molecule has 0 bridgehead atoms. The van der Waals surface area contributed by atoms with E-state index >= 15 is 0 Å². The zero-order chi connectivity index (χ0) is 18.2. The smallest absolute Gasteiger partial charge is 0.254 e. The monoisotopic (exact) mass is 340 g/mol. The molecule has 5 heteroatoms. The van der Waals surface area contributed by atoms with Crippen LogP contribution in [-0.4, -0.2) is 36.9 Å². The molecule has 0 saturated carbocycles. The van der Waals surface area contributed by atoms with Gasteiger partial charge in [0.1, 0.15) is 12.3 Å². The molecule has 132 valence electrons. The lowest BCUT2D eigenvalue weighted by Crippen LogP contribution is -2.37. The van der Waals surface area contributed by atoms with Gasteiger partial charge in [0.25, 0.3) is 5.91 Å². The Morgan fingerprint density at radius 2 is 1.80 bits per heavy atom. The van der Waals surface area contributed by atoms with Gasteiger partial charge < -0.3 is 15.0 Å². The molecule has 2 amide bonds. The molecular formula is C20H24N2O3. The van der Waals surface area contributed by atoms with Gasteiger partial charge in [0.2, 0.25) is 5.91 Å². The Morgan fingerprint density at radius 1 is 1.08 bits per heavy atom. The number of methoxy groups -OCH3 is 1. The number of hydrogen-bond donors (Lipinski definition) is 1. The van der Waals surface area contributed by atoms with Gasteiger partial charge in [0.15, 0.2) is 0 Å². The molecule has 1 N–H and O–H groups in total. The third kappa shape index (κ3) is 5.08. The van der Waals surface area contributed by atoms with Gasteiger partial charge in [-0.05, 0) is 43.2 Å². The van der Waals surface area contributed by atoms with Crippen molar-refractivity contribution in [3.8, 4) is 5.75 Å². The minimum Gasteiger partial charge on any atom is -0.497 e. The lowest BCUT2D eigenvalue weighted by atomic mass is 10.1. The van der Waals surface area contributed by atoms with Crippen molar-refractivity contribution in [2.45, 2.75) is 20.3 Å². The van der Waals surface area contributed by atoms with Crippen LogP contribution in [0.15, 0.2) is 48.5 Å². The van der Waals surface area contributed by atoms with E-state index in [-0.39, 0.29) is 18.4 Å². The Labute approximate surface area is 148 Å². The number of carbonyl (C=O) groups is 2. The molecule has 0 fully saturated rings. The lowest BCUT2D eigenvalue weighted by molar-refractivity contribution is -0.116. The average Bonchev–Trinajstić information content (AvgIpc) is 2.65. The molecule has 0 saturated heterocycles. The molecule has 0 heterocycles. The molecule has 2 aromatic rings. The van der Waals surface area contributed by atoms with Crippen molar-refractivity contribution in [1.82, 2.24) is 4.90 Å². The third-order valence-corrected chi connectivity index (χ3v) is 3.97. The van der Waals surface area contributed by atoms with Crippen LogP contribution in [0.25, 0.3) is 0 Å². The molecule has 25 heavy (non-hydrogen) atoms. The van der Waals surface area contributed by atoms with E-state index in [1.165, 1.54) is 10.5 Å². The van der Waals surface area contributed by atoms with Gasteiger partial charge in [0.05, 0.1) is 7.11 Å². The van der Waals surface area contributed by atoms with Crippen LogP contribution in [0, 0.1) is 0 Å². The summed E-state index contributed by atoms with van der Waals surface area (Å²) in [4.78, 5) is 26.4. The normalized spacial score (nSPS) is 10.2. The summed E-state index contributed by atoms with van der Waals surface area (Å²) in [5.41, 5.74) is 2.41. The van der Waals surface area contributed by atoms with Gasteiger partial charge in [-0.25, -0.2) is 0 Å². The number of nitrogens with zero attached hydrogens (tertiary/aromatic N) is 1. The first-order valence-corrected chi connectivity index (χ1v) is 8.39. The maximum atomic E-state index is 12.6. The van der Waals surface area contributed by atoms with Crippen LogP contribution in [-0.2, 0) is 11.2 Å². The molecule has 0 radical (unpaired) electrons. The van der Waals surface area contributed by atoms with Gasteiger partial charge in [0, 0.05) is 23.9 Å². The fourth-order valence-corrected chi connectivity index (χ4v) is 2.47. The molecule has 0 aliphatic heterocycles. The van der Waals surface area contributed by atoms with E-state index in [1.807, 2.05) is 31.2 Å². The number of carbonyl (C=O) groups excluding carboxylic acids is 2. The van der Waals surface area contributed by atoms with Crippen molar-refractivity contribution in [1.29, 1.82) is 0 Å². The predicted molar refractivity (Wildman–Crippen MR) is 99.0 cm³/mol. The van der Waals surface area contributed by atoms with Crippen LogP contribution < -0.4 is 10.1 Å². The largest absolute Gasteiger partial charge is 0.497 e. The number of likely N-dealkylation sites (N-methyl/N-ethyl adjacent to an activating group) is 1. The fourth-order valence-electron chi connectivity index (χ4n) is 2.47. The van der Waals surface area contributed by atoms with Gasteiger partial charge in [-0.15, -0.1) is 0 Å². The zero-order valence-corrected chi connectivity index (χ0v) is 14.9. The van der Waals surface area contributed by atoms with Crippen LogP contribution in [0.4, 0.5) is 5.69 Å². The Kier molecular flexibility index (Phi) is 6.57. The minimum absolute atomic E-state index is 0.00206. The van der Waals surface area contributed by atoms with Gasteiger partial charge in [-0.1, -0.05) is 25.1 Å². The van der Waals surface area contributed by atoms with E-state index < -0.39 is 0 Å². The minimum atomic E-state index is -0.242. The van der Waals surface area contributed by atoms with Crippen molar-refractivity contribution in [2.75, 3.05) is 25.5 Å². The summed E-state index contributed by atoms with van der Waals surface area (Å²) in [6, 6.07) is 14.6. The molecule has 0 aromatic heterocycles.